The van der Waals surface area contributed by atoms with Crippen LogP contribution in [0.2, 0.25) is 5.02 Å². The number of alkyl halides is 3. The highest BCUT2D eigenvalue weighted by molar-refractivity contribution is 7.99. The van der Waals surface area contributed by atoms with Crippen molar-refractivity contribution in [3.05, 3.63) is 64.7 Å². The van der Waals surface area contributed by atoms with Gasteiger partial charge in [0.2, 0.25) is 0 Å². The molecule has 1 aliphatic heterocycles. The predicted molar refractivity (Wildman–Crippen MR) is 100 cm³/mol. The van der Waals surface area contributed by atoms with Crippen molar-refractivity contribution in [2.45, 2.75) is 18.0 Å². The number of hydrogen-bond donors (Lipinski definition) is 0. The van der Waals surface area contributed by atoms with Gasteiger partial charge in [-0.25, -0.2) is 0 Å². The molecular weight excluding hydrogens is 399 g/mol. The molecule has 0 saturated carbocycles. The molecule has 2 aromatic rings. The summed E-state index contributed by atoms with van der Waals surface area (Å²) in [5, 5.41) is 0.817. The van der Waals surface area contributed by atoms with Crippen molar-refractivity contribution >= 4 is 29.3 Å². The molecule has 27 heavy (non-hydrogen) atoms. The van der Waals surface area contributed by atoms with Crippen molar-refractivity contribution in [3.63, 3.8) is 0 Å². The van der Waals surface area contributed by atoms with Crippen molar-refractivity contribution in [3.8, 4) is 5.75 Å². The van der Waals surface area contributed by atoms with Crippen LogP contribution in [0.15, 0.2) is 48.5 Å². The first-order valence-corrected chi connectivity index (χ1v) is 9.78. The number of hydrogen-bond acceptors (Lipinski definition) is 3. The molecule has 1 saturated heterocycles. The van der Waals surface area contributed by atoms with Crippen LogP contribution in [-0.2, 0) is 0 Å². The van der Waals surface area contributed by atoms with Gasteiger partial charge in [-0.3, -0.25) is 4.79 Å². The average Bonchev–Trinajstić information content (AvgIpc) is 2.87. The molecule has 1 heterocycles. The van der Waals surface area contributed by atoms with Crippen molar-refractivity contribution in [1.29, 1.82) is 0 Å². The van der Waals surface area contributed by atoms with Gasteiger partial charge in [0.1, 0.15) is 5.75 Å². The molecule has 0 N–H and O–H groups in total. The summed E-state index contributed by atoms with van der Waals surface area (Å²) in [5.74, 6) is -0.269. The maximum absolute atomic E-state index is 12.8. The maximum atomic E-state index is 12.8. The molecule has 0 bridgehead atoms. The monoisotopic (exact) mass is 415 g/mol. The zero-order chi connectivity index (χ0) is 19.4. The molecule has 1 atom stereocenters. The molecule has 0 aromatic heterocycles. The Morgan fingerprint density at radius 3 is 2.56 bits per heavy atom. The van der Waals surface area contributed by atoms with Crippen LogP contribution in [0.4, 0.5) is 13.2 Å². The van der Waals surface area contributed by atoms with Gasteiger partial charge in [0.15, 0.2) is 0 Å². The van der Waals surface area contributed by atoms with E-state index in [0.717, 1.165) is 11.6 Å². The second-order valence-electron chi connectivity index (χ2n) is 6.01. The lowest BCUT2D eigenvalue weighted by atomic mass is 10.1. The molecule has 8 heteroatoms. The van der Waals surface area contributed by atoms with Crippen LogP contribution >= 0.6 is 23.4 Å². The van der Waals surface area contributed by atoms with Crippen molar-refractivity contribution in [2.75, 3.05) is 18.8 Å². The fraction of sp³-hybridized carbons (Fsp3) is 0.316. The number of thioether (sulfide) groups is 1. The number of amides is 1. The highest BCUT2D eigenvalue weighted by Crippen LogP contribution is 2.38. The minimum atomic E-state index is -4.85. The first kappa shape index (κ1) is 19.9. The summed E-state index contributed by atoms with van der Waals surface area (Å²) in [5.41, 5.74) is 0.926. The number of benzene rings is 2. The first-order valence-electron chi connectivity index (χ1n) is 8.35. The molecule has 3 rings (SSSR count). The van der Waals surface area contributed by atoms with Gasteiger partial charge in [-0.1, -0.05) is 41.9 Å². The van der Waals surface area contributed by atoms with Gasteiger partial charge in [-0.2, -0.15) is 11.8 Å². The molecule has 0 spiro atoms. The number of nitrogens with zero attached hydrogens (tertiary/aromatic N) is 1. The molecular formula is C19H17ClF3NO2S. The molecule has 0 aliphatic carbocycles. The summed E-state index contributed by atoms with van der Waals surface area (Å²) in [6.07, 6.45) is -4.18. The fourth-order valence-corrected chi connectivity index (χ4v) is 4.58. The lowest BCUT2D eigenvalue weighted by Crippen LogP contribution is -2.33. The van der Waals surface area contributed by atoms with E-state index in [-0.39, 0.29) is 10.8 Å². The normalized spacial score (nSPS) is 18.1. The summed E-state index contributed by atoms with van der Waals surface area (Å²) in [4.78, 5) is 14.4. The number of ether oxygens (including phenoxy) is 1. The Morgan fingerprint density at radius 1 is 1.11 bits per heavy atom. The van der Waals surface area contributed by atoms with Gasteiger partial charge in [0.25, 0.3) is 5.91 Å². The number of para-hydroxylation sites is 1. The van der Waals surface area contributed by atoms with Crippen LogP contribution in [0.25, 0.3) is 0 Å². The largest absolute Gasteiger partial charge is 0.573 e. The smallest absolute Gasteiger partial charge is 0.405 e. The van der Waals surface area contributed by atoms with E-state index in [0.29, 0.717) is 30.3 Å². The standard InChI is InChI=1S/C19H17ClF3NO2S/c20-15-7-3-1-5-13(15)17-9-10-24(11-12-27-17)18(25)14-6-2-4-8-16(14)26-19(21,22)23/h1-8,17H,9-12H2. The Kier molecular flexibility index (Phi) is 6.22. The van der Waals surface area contributed by atoms with Crippen molar-refractivity contribution < 1.29 is 22.7 Å². The fourth-order valence-electron chi connectivity index (χ4n) is 2.99. The van der Waals surface area contributed by atoms with Crippen molar-refractivity contribution in [1.82, 2.24) is 4.90 Å². The molecule has 1 aliphatic rings. The summed E-state index contributed by atoms with van der Waals surface area (Å²) in [6, 6.07) is 13.0. The molecule has 1 amide bonds. The van der Waals surface area contributed by atoms with E-state index in [2.05, 4.69) is 4.74 Å². The lowest BCUT2D eigenvalue weighted by Gasteiger charge is -2.22. The molecule has 3 nitrogen and oxygen atoms in total. The first-order chi connectivity index (χ1) is 12.8. The zero-order valence-electron chi connectivity index (χ0n) is 14.2. The number of carbonyl (C=O) groups is 1. The van der Waals surface area contributed by atoms with Gasteiger partial charge in [0, 0.05) is 29.1 Å². The third kappa shape index (κ3) is 5.11. The number of rotatable bonds is 3. The molecule has 2 aromatic carbocycles. The van der Waals surface area contributed by atoms with E-state index in [1.165, 1.54) is 18.2 Å². The van der Waals surface area contributed by atoms with Crippen LogP contribution in [0.3, 0.4) is 0 Å². The van der Waals surface area contributed by atoms with Crippen LogP contribution in [0.1, 0.15) is 27.6 Å². The van der Waals surface area contributed by atoms with Crippen LogP contribution in [0.5, 0.6) is 5.75 Å². The number of halogens is 4. The van der Waals surface area contributed by atoms with Gasteiger partial charge >= 0.3 is 6.36 Å². The predicted octanol–water partition coefficient (Wildman–Crippen LogP) is 5.56. The van der Waals surface area contributed by atoms with Gasteiger partial charge in [-0.05, 0) is 30.2 Å². The molecule has 144 valence electrons. The summed E-state index contributed by atoms with van der Waals surface area (Å²) in [7, 11) is 0. The second kappa shape index (κ2) is 8.44. The van der Waals surface area contributed by atoms with Gasteiger partial charge in [-0.15, -0.1) is 13.2 Å². The maximum Gasteiger partial charge on any atom is 0.573 e. The van der Waals surface area contributed by atoms with Gasteiger partial charge < -0.3 is 9.64 Å². The average molecular weight is 416 g/mol. The third-order valence-corrected chi connectivity index (χ3v) is 5.88. The van der Waals surface area contributed by atoms with E-state index in [1.54, 1.807) is 16.7 Å². The molecule has 0 radical (unpaired) electrons. The van der Waals surface area contributed by atoms with E-state index >= 15 is 0 Å². The van der Waals surface area contributed by atoms with Crippen LogP contribution in [-0.4, -0.2) is 36.0 Å². The van der Waals surface area contributed by atoms with Gasteiger partial charge in [0.05, 0.1) is 5.56 Å². The quantitative estimate of drug-likeness (QED) is 0.657. The zero-order valence-corrected chi connectivity index (χ0v) is 15.8. The minimum absolute atomic E-state index is 0.0870. The third-order valence-electron chi connectivity index (χ3n) is 4.22. The van der Waals surface area contributed by atoms with E-state index < -0.39 is 18.0 Å². The van der Waals surface area contributed by atoms with E-state index in [1.807, 2.05) is 24.3 Å². The highest BCUT2D eigenvalue weighted by atomic mass is 35.5. The van der Waals surface area contributed by atoms with E-state index in [4.69, 9.17) is 11.6 Å². The van der Waals surface area contributed by atoms with Crippen molar-refractivity contribution in [2.24, 2.45) is 0 Å². The Balaban J connectivity index is 1.75. The Bertz CT molecular complexity index is 816. The molecule has 1 fully saturated rings. The summed E-state index contributed by atoms with van der Waals surface area (Å²) >= 11 is 7.96. The Morgan fingerprint density at radius 2 is 1.81 bits per heavy atom. The topological polar surface area (TPSA) is 29.5 Å². The Labute approximate surface area is 164 Å². The molecule has 1 unspecified atom stereocenters. The minimum Gasteiger partial charge on any atom is -0.405 e. The summed E-state index contributed by atoms with van der Waals surface area (Å²) in [6.45, 7) is 0.882. The lowest BCUT2D eigenvalue weighted by molar-refractivity contribution is -0.274. The second-order valence-corrected chi connectivity index (χ2v) is 7.72. The number of carbonyl (C=O) groups excluding carboxylic acids is 1. The highest BCUT2D eigenvalue weighted by Gasteiger charge is 2.34. The summed E-state index contributed by atoms with van der Waals surface area (Å²) < 4.78 is 41.8. The van der Waals surface area contributed by atoms with Crippen LogP contribution in [0, 0.1) is 0 Å². The van der Waals surface area contributed by atoms with E-state index in [9.17, 15) is 18.0 Å². The van der Waals surface area contributed by atoms with Crippen LogP contribution < -0.4 is 4.74 Å². The SMILES string of the molecule is O=C(c1ccccc1OC(F)(F)F)N1CCSC(c2ccccc2Cl)CC1. The Hall–Kier alpha value is -1.86.